The van der Waals surface area contributed by atoms with Crippen molar-refractivity contribution in [2.45, 2.75) is 25.2 Å². The van der Waals surface area contributed by atoms with Crippen LogP contribution in [0.25, 0.3) is 17.2 Å². The molecule has 6 nitrogen and oxygen atoms in total. The van der Waals surface area contributed by atoms with Crippen LogP contribution in [0.3, 0.4) is 0 Å². The third kappa shape index (κ3) is 5.75. The van der Waals surface area contributed by atoms with E-state index in [9.17, 15) is 9.59 Å². The first-order valence-electron chi connectivity index (χ1n) is 12.9. The Morgan fingerprint density at radius 3 is 2.54 bits per heavy atom. The number of nitrogens with two attached hydrogens (primary N) is 1. The molecule has 0 saturated carbocycles. The molecule has 3 aromatic rings. The molecule has 0 unspecified atom stereocenters. The molecular formula is C31H32N2O4. The molecule has 1 atom stereocenters. The maximum atomic E-state index is 12.1. The standard InChI is InChI=1S/C31H32N2O4/c32-31(35)37-30-27(23-8-2-1-3-9-23)13-12-25(29(30)28-20-33-16-14-24(28)15-17-33)10-4-5-18-36-26-11-6-7-22(19-26)21-34/h1-4,6-13,19,21,24,28H,5,14-18,20H2,(H2,32,35)/b10-4+/t28-/m1/s1. The van der Waals surface area contributed by atoms with E-state index in [1.54, 1.807) is 12.1 Å². The van der Waals surface area contributed by atoms with Gasteiger partial charge in [-0.2, -0.15) is 0 Å². The maximum Gasteiger partial charge on any atom is 0.409 e. The van der Waals surface area contributed by atoms with Gasteiger partial charge in [-0.15, -0.1) is 0 Å². The number of piperidine rings is 3. The molecular weight excluding hydrogens is 464 g/mol. The van der Waals surface area contributed by atoms with Crippen LogP contribution in [0.15, 0.2) is 72.8 Å². The predicted molar refractivity (Wildman–Crippen MR) is 145 cm³/mol. The normalized spacial score (nSPS) is 20.6. The molecule has 37 heavy (non-hydrogen) atoms. The van der Waals surface area contributed by atoms with Gasteiger partial charge in [0.1, 0.15) is 17.8 Å². The first-order chi connectivity index (χ1) is 18.1. The van der Waals surface area contributed by atoms with Gasteiger partial charge in [-0.25, -0.2) is 4.79 Å². The zero-order valence-electron chi connectivity index (χ0n) is 20.8. The van der Waals surface area contributed by atoms with Gasteiger partial charge in [-0.1, -0.05) is 66.7 Å². The number of carbonyl (C=O) groups excluding carboxylic acids is 2. The average molecular weight is 497 g/mol. The van der Waals surface area contributed by atoms with E-state index in [4.69, 9.17) is 15.2 Å². The fraction of sp³-hybridized carbons (Fsp3) is 0.290. The molecule has 3 heterocycles. The van der Waals surface area contributed by atoms with Crippen LogP contribution in [-0.4, -0.2) is 43.5 Å². The van der Waals surface area contributed by atoms with Crippen molar-refractivity contribution in [2.75, 3.05) is 26.2 Å². The second-order valence-corrected chi connectivity index (χ2v) is 9.71. The highest BCUT2D eigenvalue weighted by atomic mass is 16.5. The predicted octanol–water partition coefficient (Wildman–Crippen LogP) is 5.92. The maximum absolute atomic E-state index is 12.1. The molecule has 0 aliphatic carbocycles. The van der Waals surface area contributed by atoms with Gasteiger partial charge < -0.3 is 20.1 Å². The number of hydrogen-bond donors (Lipinski definition) is 1. The second-order valence-electron chi connectivity index (χ2n) is 9.71. The van der Waals surface area contributed by atoms with Crippen molar-refractivity contribution < 1.29 is 19.1 Å². The minimum Gasteiger partial charge on any atom is -0.493 e. The number of ether oxygens (including phenoxy) is 2. The summed E-state index contributed by atoms with van der Waals surface area (Å²) in [5.41, 5.74) is 10.1. The number of hydrogen-bond acceptors (Lipinski definition) is 5. The molecule has 2 bridgehead atoms. The molecule has 0 radical (unpaired) electrons. The molecule has 6 heteroatoms. The van der Waals surface area contributed by atoms with E-state index in [0.717, 1.165) is 61.0 Å². The van der Waals surface area contributed by atoms with Crippen LogP contribution >= 0.6 is 0 Å². The number of fused-ring (bicyclic) bond motifs is 3. The Labute approximate surface area is 217 Å². The van der Waals surface area contributed by atoms with Crippen LogP contribution in [0, 0.1) is 5.92 Å². The number of aldehydes is 1. The highest BCUT2D eigenvalue weighted by Crippen LogP contribution is 2.47. The van der Waals surface area contributed by atoms with Gasteiger partial charge in [0.05, 0.1) is 6.61 Å². The van der Waals surface area contributed by atoms with Crippen LogP contribution in [0.5, 0.6) is 11.5 Å². The van der Waals surface area contributed by atoms with Crippen LogP contribution in [0.4, 0.5) is 4.79 Å². The number of amides is 1. The van der Waals surface area contributed by atoms with E-state index in [2.05, 4.69) is 23.1 Å². The summed E-state index contributed by atoms with van der Waals surface area (Å²) in [6, 6.07) is 21.3. The smallest absolute Gasteiger partial charge is 0.409 e. The van der Waals surface area contributed by atoms with Gasteiger partial charge in [-0.3, -0.25) is 4.79 Å². The van der Waals surface area contributed by atoms with E-state index < -0.39 is 6.09 Å². The summed E-state index contributed by atoms with van der Waals surface area (Å²) in [6.07, 6.45) is 7.18. The molecule has 3 aliphatic rings. The Morgan fingerprint density at radius 2 is 1.84 bits per heavy atom. The Morgan fingerprint density at radius 1 is 1.03 bits per heavy atom. The Bertz CT molecular complexity index is 1280. The highest BCUT2D eigenvalue weighted by molar-refractivity contribution is 5.81. The first-order valence-corrected chi connectivity index (χ1v) is 12.9. The van der Waals surface area contributed by atoms with Gasteiger partial charge in [0.15, 0.2) is 0 Å². The van der Waals surface area contributed by atoms with Gasteiger partial charge in [0, 0.05) is 29.2 Å². The summed E-state index contributed by atoms with van der Waals surface area (Å²) in [5.74, 6) is 2.06. The molecule has 3 aromatic carbocycles. The van der Waals surface area contributed by atoms with Crippen LogP contribution in [0.2, 0.25) is 0 Å². The van der Waals surface area contributed by atoms with E-state index in [1.807, 2.05) is 48.5 Å². The van der Waals surface area contributed by atoms with Gasteiger partial charge >= 0.3 is 6.09 Å². The Hall–Kier alpha value is -3.90. The molecule has 3 saturated heterocycles. The van der Waals surface area contributed by atoms with Gasteiger partial charge in [0.25, 0.3) is 0 Å². The monoisotopic (exact) mass is 496 g/mol. The molecule has 3 aliphatic heterocycles. The lowest BCUT2D eigenvalue weighted by Gasteiger charge is -2.45. The fourth-order valence-corrected chi connectivity index (χ4v) is 5.62. The SMILES string of the molecule is NC(=O)Oc1c(-c2ccccc2)ccc(/C=C/CCOc2cccc(C=O)c2)c1[C@@H]1CN2CCC1CC2. The van der Waals surface area contributed by atoms with Gasteiger partial charge in [0.2, 0.25) is 0 Å². The summed E-state index contributed by atoms with van der Waals surface area (Å²) < 4.78 is 11.6. The summed E-state index contributed by atoms with van der Waals surface area (Å²) >= 11 is 0. The zero-order chi connectivity index (χ0) is 25.6. The first kappa shape index (κ1) is 24.8. The minimum atomic E-state index is -0.799. The van der Waals surface area contributed by atoms with Crippen molar-refractivity contribution in [2.24, 2.45) is 11.7 Å². The quantitative estimate of drug-likeness (QED) is 0.294. The van der Waals surface area contributed by atoms with E-state index in [-0.39, 0.29) is 5.92 Å². The summed E-state index contributed by atoms with van der Waals surface area (Å²) in [6.45, 7) is 3.69. The minimum absolute atomic E-state index is 0.266. The molecule has 3 fully saturated rings. The third-order valence-electron chi connectivity index (χ3n) is 7.39. The van der Waals surface area contributed by atoms with Crippen molar-refractivity contribution >= 4 is 18.5 Å². The number of carbonyl (C=O) groups is 2. The fourth-order valence-electron chi connectivity index (χ4n) is 5.62. The van der Waals surface area contributed by atoms with E-state index >= 15 is 0 Å². The average Bonchev–Trinajstić information content (AvgIpc) is 2.94. The molecule has 0 spiro atoms. The number of primary amides is 1. The van der Waals surface area contributed by atoms with Crippen molar-refractivity contribution in [1.82, 2.24) is 4.90 Å². The summed E-state index contributed by atoms with van der Waals surface area (Å²) in [7, 11) is 0. The summed E-state index contributed by atoms with van der Waals surface area (Å²) in [5, 5.41) is 0. The molecule has 6 rings (SSSR count). The van der Waals surface area contributed by atoms with E-state index in [1.165, 1.54) is 0 Å². The second kappa shape index (κ2) is 11.4. The molecule has 190 valence electrons. The Kier molecular flexibility index (Phi) is 7.66. The third-order valence-corrected chi connectivity index (χ3v) is 7.39. The Balaban J connectivity index is 1.45. The number of rotatable bonds is 9. The summed E-state index contributed by atoms with van der Waals surface area (Å²) in [4.78, 5) is 25.6. The van der Waals surface area contributed by atoms with E-state index in [0.29, 0.717) is 36.0 Å². The number of benzene rings is 3. The lowest BCUT2D eigenvalue weighted by atomic mass is 9.73. The van der Waals surface area contributed by atoms with Gasteiger partial charge in [-0.05, 0) is 61.5 Å². The largest absolute Gasteiger partial charge is 0.493 e. The lowest BCUT2D eigenvalue weighted by molar-refractivity contribution is 0.0860. The van der Waals surface area contributed by atoms with Crippen molar-refractivity contribution in [3.8, 4) is 22.6 Å². The molecule has 2 N–H and O–H groups in total. The zero-order valence-corrected chi connectivity index (χ0v) is 20.8. The lowest BCUT2D eigenvalue weighted by Crippen LogP contribution is -2.46. The highest BCUT2D eigenvalue weighted by Gasteiger charge is 2.38. The molecule has 1 amide bonds. The van der Waals surface area contributed by atoms with Crippen LogP contribution < -0.4 is 15.2 Å². The van der Waals surface area contributed by atoms with Crippen molar-refractivity contribution in [3.63, 3.8) is 0 Å². The van der Waals surface area contributed by atoms with Crippen LogP contribution in [0.1, 0.15) is 46.7 Å². The van der Waals surface area contributed by atoms with Crippen LogP contribution in [-0.2, 0) is 0 Å². The topological polar surface area (TPSA) is 81.9 Å². The van der Waals surface area contributed by atoms with Crippen molar-refractivity contribution in [1.29, 1.82) is 0 Å². The number of nitrogens with zero attached hydrogens (tertiary/aromatic N) is 1. The molecule has 0 aromatic heterocycles. The van der Waals surface area contributed by atoms with Crippen molar-refractivity contribution in [3.05, 3.63) is 89.5 Å².